The molecule has 0 spiro atoms. The summed E-state index contributed by atoms with van der Waals surface area (Å²) in [6.45, 7) is 2.30. The summed E-state index contributed by atoms with van der Waals surface area (Å²) >= 11 is 0. The molecule has 2 amide bonds. The summed E-state index contributed by atoms with van der Waals surface area (Å²) in [5, 5.41) is 34.6. The van der Waals surface area contributed by atoms with Gasteiger partial charge < -0.3 is 5.11 Å². The number of aromatic nitrogens is 4. The highest BCUT2D eigenvalue weighted by atomic mass is 16.6. The van der Waals surface area contributed by atoms with Crippen molar-refractivity contribution >= 4 is 29.7 Å². The number of aromatic hydroxyl groups is 1. The van der Waals surface area contributed by atoms with Gasteiger partial charge in [0, 0.05) is 31.5 Å². The number of carbonyl (C=O) groups excluding carboxylic acids is 2. The average molecular weight is 333 g/mol. The molecule has 1 aromatic heterocycles. The number of imide groups is 1. The fourth-order valence-electron chi connectivity index (χ4n) is 1.77. The number of phenolic OH excluding ortho intramolecular Hbond substituents is 1. The second-order valence-electron chi connectivity index (χ2n) is 4.49. The van der Waals surface area contributed by atoms with Gasteiger partial charge in [0.2, 0.25) is 11.8 Å². The third-order valence-corrected chi connectivity index (χ3v) is 2.80. The van der Waals surface area contributed by atoms with Crippen LogP contribution in [0.4, 0.5) is 11.6 Å². The number of nitrogens with zero attached hydrogens (tertiary/aromatic N) is 7. The molecule has 0 unspecified atom stereocenters. The summed E-state index contributed by atoms with van der Waals surface area (Å²) in [7, 11) is 0. The van der Waals surface area contributed by atoms with E-state index < -0.39 is 16.7 Å². The first kappa shape index (κ1) is 16.7. The van der Waals surface area contributed by atoms with Crippen LogP contribution in [0.15, 0.2) is 23.3 Å². The van der Waals surface area contributed by atoms with Gasteiger partial charge in [0.15, 0.2) is 0 Å². The third-order valence-electron chi connectivity index (χ3n) is 2.80. The van der Waals surface area contributed by atoms with Crippen molar-refractivity contribution in [3.8, 4) is 5.75 Å². The van der Waals surface area contributed by atoms with Crippen molar-refractivity contribution in [3.05, 3.63) is 33.9 Å². The number of non-ortho nitro benzene ring substituents is 1. The molecular formula is C12H11N7O5. The summed E-state index contributed by atoms with van der Waals surface area (Å²) in [4.78, 5) is 34.6. The van der Waals surface area contributed by atoms with Crippen LogP contribution in [0.25, 0.3) is 0 Å². The van der Waals surface area contributed by atoms with Crippen molar-refractivity contribution in [2.24, 2.45) is 5.10 Å². The van der Waals surface area contributed by atoms with E-state index in [4.69, 9.17) is 0 Å². The Morgan fingerprint density at radius 3 is 2.62 bits per heavy atom. The number of anilines is 1. The predicted octanol–water partition coefficient (Wildman–Crippen LogP) is 0.0685. The normalized spacial score (nSPS) is 10.8. The van der Waals surface area contributed by atoms with E-state index >= 15 is 0 Å². The molecule has 1 N–H and O–H groups in total. The van der Waals surface area contributed by atoms with Crippen molar-refractivity contribution in [2.75, 3.05) is 4.90 Å². The first-order chi connectivity index (χ1) is 11.3. The maximum atomic E-state index is 11.5. The molecule has 1 aromatic carbocycles. The fraction of sp³-hybridized carbons (Fsp3) is 0.167. The zero-order chi connectivity index (χ0) is 17.9. The Hall–Kier alpha value is -3.70. The van der Waals surface area contributed by atoms with E-state index in [-0.39, 0.29) is 22.9 Å². The van der Waals surface area contributed by atoms with Gasteiger partial charge in [-0.25, -0.2) is 4.90 Å². The topological polar surface area (TPSA) is 157 Å². The average Bonchev–Trinajstić information content (AvgIpc) is 2.93. The molecule has 124 valence electrons. The summed E-state index contributed by atoms with van der Waals surface area (Å²) in [6.07, 6.45) is 1.06. The van der Waals surface area contributed by atoms with Gasteiger partial charge in [-0.1, -0.05) is 9.89 Å². The Labute approximate surface area is 134 Å². The summed E-state index contributed by atoms with van der Waals surface area (Å²) in [5.41, 5.74) is -0.219. The van der Waals surface area contributed by atoms with Crippen molar-refractivity contribution in [2.45, 2.75) is 13.8 Å². The van der Waals surface area contributed by atoms with Gasteiger partial charge in [-0.2, -0.15) is 5.10 Å². The fourth-order valence-corrected chi connectivity index (χ4v) is 1.77. The van der Waals surface area contributed by atoms with Gasteiger partial charge >= 0.3 is 0 Å². The maximum Gasteiger partial charge on any atom is 0.281 e. The molecule has 0 saturated carbocycles. The molecule has 1 heterocycles. The molecule has 0 aliphatic rings. The Kier molecular flexibility index (Phi) is 4.58. The van der Waals surface area contributed by atoms with Crippen LogP contribution in [-0.4, -0.2) is 48.4 Å². The van der Waals surface area contributed by atoms with Crippen LogP contribution in [0.5, 0.6) is 5.75 Å². The van der Waals surface area contributed by atoms with Crippen molar-refractivity contribution in [1.82, 2.24) is 20.3 Å². The standard InChI is InChI=1S/C12H11N7O5/c1-7(20)17(8(2)21)12-14-15-16-18(12)13-6-9-5-10(19(23)24)3-4-11(9)22/h3-6,22H,1-2H3/b13-6+. The second kappa shape index (κ2) is 6.60. The molecular weight excluding hydrogens is 322 g/mol. The minimum Gasteiger partial charge on any atom is -0.507 e. The van der Waals surface area contributed by atoms with Crippen molar-refractivity contribution in [1.29, 1.82) is 0 Å². The number of nitro groups is 1. The van der Waals surface area contributed by atoms with Crippen LogP contribution >= 0.6 is 0 Å². The van der Waals surface area contributed by atoms with E-state index in [0.29, 0.717) is 4.90 Å². The van der Waals surface area contributed by atoms with Crippen LogP contribution in [0, 0.1) is 10.1 Å². The monoisotopic (exact) mass is 333 g/mol. The number of tetrazole rings is 1. The molecule has 0 radical (unpaired) electrons. The lowest BCUT2D eigenvalue weighted by Gasteiger charge is -2.13. The zero-order valence-corrected chi connectivity index (χ0v) is 12.5. The Morgan fingerprint density at radius 1 is 1.38 bits per heavy atom. The highest BCUT2D eigenvalue weighted by Crippen LogP contribution is 2.21. The van der Waals surface area contributed by atoms with Gasteiger partial charge in [-0.3, -0.25) is 19.7 Å². The molecule has 0 aliphatic heterocycles. The second-order valence-corrected chi connectivity index (χ2v) is 4.49. The van der Waals surface area contributed by atoms with Crippen molar-refractivity contribution < 1.29 is 19.6 Å². The zero-order valence-electron chi connectivity index (χ0n) is 12.5. The molecule has 2 aromatic rings. The van der Waals surface area contributed by atoms with E-state index in [2.05, 4.69) is 20.6 Å². The van der Waals surface area contributed by atoms with E-state index in [1.165, 1.54) is 0 Å². The summed E-state index contributed by atoms with van der Waals surface area (Å²) < 4.78 is 0. The molecule has 0 bridgehead atoms. The van der Waals surface area contributed by atoms with E-state index in [1.807, 2.05) is 0 Å². The Bertz CT molecular complexity index is 830. The number of amides is 2. The van der Waals surface area contributed by atoms with Gasteiger partial charge in [0.25, 0.3) is 11.6 Å². The lowest BCUT2D eigenvalue weighted by atomic mass is 10.2. The van der Waals surface area contributed by atoms with Gasteiger partial charge in [-0.05, 0) is 16.5 Å². The highest BCUT2D eigenvalue weighted by molar-refractivity contribution is 6.11. The number of phenols is 1. The number of benzene rings is 1. The first-order valence-corrected chi connectivity index (χ1v) is 6.42. The van der Waals surface area contributed by atoms with Crippen LogP contribution in [-0.2, 0) is 9.59 Å². The van der Waals surface area contributed by atoms with E-state index in [0.717, 1.165) is 43.1 Å². The number of carbonyl (C=O) groups is 2. The lowest BCUT2D eigenvalue weighted by Crippen LogP contribution is -2.35. The van der Waals surface area contributed by atoms with Gasteiger partial charge in [0.05, 0.1) is 11.1 Å². The smallest absolute Gasteiger partial charge is 0.281 e. The van der Waals surface area contributed by atoms with Crippen LogP contribution in [0.1, 0.15) is 19.4 Å². The number of hydrogen-bond acceptors (Lipinski definition) is 9. The summed E-state index contributed by atoms with van der Waals surface area (Å²) in [6, 6.07) is 3.36. The molecule has 2 rings (SSSR count). The summed E-state index contributed by atoms with van der Waals surface area (Å²) in [5.74, 6) is -1.75. The molecule has 12 heteroatoms. The Balaban J connectivity index is 2.40. The van der Waals surface area contributed by atoms with Crippen LogP contribution < -0.4 is 4.90 Å². The Morgan fingerprint density at radius 2 is 2.04 bits per heavy atom. The predicted molar refractivity (Wildman–Crippen MR) is 79.4 cm³/mol. The number of rotatable bonds is 4. The van der Waals surface area contributed by atoms with Gasteiger partial charge in [-0.15, -0.1) is 0 Å². The number of hydrogen-bond donors (Lipinski definition) is 1. The maximum absolute atomic E-state index is 11.5. The number of nitro benzene ring substituents is 1. The minimum atomic E-state index is -0.632. The SMILES string of the molecule is CC(=O)N(C(C)=O)c1nnnn1/N=C/c1cc([N+](=O)[O-])ccc1O. The molecule has 12 nitrogen and oxygen atoms in total. The van der Waals surface area contributed by atoms with Gasteiger partial charge in [0.1, 0.15) is 5.75 Å². The minimum absolute atomic E-state index is 0.0304. The molecule has 0 aliphatic carbocycles. The first-order valence-electron chi connectivity index (χ1n) is 6.42. The highest BCUT2D eigenvalue weighted by Gasteiger charge is 2.23. The third kappa shape index (κ3) is 3.37. The molecule has 0 fully saturated rings. The van der Waals surface area contributed by atoms with Crippen LogP contribution in [0.3, 0.4) is 0 Å². The lowest BCUT2D eigenvalue weighted by molar-refractivity contribution is -0.384. The van der Waals surface area contributed by atoms with Crippen molar-refractivity contribution in [3.63, 3.8) is 0 Å². The molecule has 24 heavy (non-hydrogen) atoms. The quantitative estimate of drug-likeness (QED) is 0.467. The van der Waals surface area contributed by atoms with Crippen LogP contribution in [0.2, 0.25) is 0 Å². The van der Waals surface area contributed by atoms with E-state index in [1.54, 1.807) is 0 Å². The largest absolute Gasteiger partial charge is 0.507 e. The molecule has 0 atom stereocenters. The molecule has 0 saturated heterocycles. The van der Waals surface area contributed by atoms with E-state index in [9.17, 15) is 24.8 Å².